The van der Waals surface area contributed by atoms with E-state index >= 15 is 0 Å². The van der Waals surface area contributed by atoms with Crippen LogP contribution in [0.5, 0.6) is 0 Å². The first-order valence-electron chi connectivity index (χ1n) is 32.7. The zero-order chi connectivity index (χ0) is 57.1. The first-order valence-corrected chi connectivity index (χ1v) is 32.7. The molecule has 0 aromatic heterocycles. The minimum atomic E-state index is -0.806. The third-order valence-electron chi connectivity index (χ3n) is 13.6. The van der Waals surface area contributed by atoms with Crippen LogP contribution in [0.15, 0.2) is 134 Å². The van der Waals surface area contributed by atoms with Gasteiger partial charge in [-0.3, -0.25) is 14.4 Å². The fourth-order valence-electron chi connectivity index (χ4n) is 8.79. The Morgan fingerprint density at radius 1 is 0.266 bits per heavy atom. The second kappa shape index (κ2) is 66.1. The third-order valence-corrected chi connectivity index (χ3v) is 13.6. The molecular formula is C73H120O6. The average molecular weight is 1090 g/mol. The highest BCUT2D eigenvalue weighted by Gasteiger charge is 2.19. The minimum absolute atomic E-state index is 0.0980. The van der Waals surface area contributed by atoms with Gasteiger partial charge in [0.1, 0.15) is 13.2 Å². The van der Waals surface area contributed by atoms with Gasteiger partial charge in [0.05, 0.1) is 0 Å². The highest BCUT2D eigenvalue weighted by Crippen LogP contribution is 2.15. The van der Waals surface area contributed by atoms with Crippen molar-refractivity contribution in [3.05, 3.63) is 134 Å². The maximum absolute atomic E-state index is 12.9. The van der Waals surface area contributed by atoms with Gasteiger partial charge < -0.3 is 14.2 Å². The second-order valence-corrected chi connectivity index (χ2v) is 21.3. The summed E-state index contributed by atoms with van der Waals surface area (Å²) in [5.41, 5.74) is 0. The Bertz CT molecular complexity index is 1680. The Labute approximate surface area is 487 Å². The van der Waals surface area contributed by atoms with Gasteiger partial charge in [-0.15, -0.1) is 0 Å². The van der Waals surface area contributed by atoms with E-state index in [0.717, 1.165) is 128 Å². The summed E-state index contributed by atoms with van der Waals surface area (Å²) >= 11 is 0. The molecule has 0 heterocycles. The molecule has 0 rings (SSSR count). The molecule has 0 aliphatic carbocycles. The van der Waals surface area contributed by atoms with Crippen LogP contribution in [0.25, 0.3) is 0 Å². The van der Waals surface area contributed by atoms with Crippen molar-refractivity contribution in [1.29, 1.82) is 0 Å². The first-order chi connectivity index (χ1) is 39.0. The van der Waals surface area contributed by atoms with E-state index in [4.69, 9.17) is 14.2 Å². The van der Waals surface area contributed by atoms with Crippen molar-refractivity contribution >= 4 is 17.9 Å². The topological polar surface area (TPSA) is 78.9 Å². The summed E-state index contributed by atoms with van der Waals surface area (Å²) in [7, 11) is 0. The van der Waals surface area contributed by atoms with Crippen LogP contribution in [0.4, 0.5) is 0 Å². The van der Waals surface area contributed by atoms with Crippen molar-refractivity contribution in [3.8, 4) is 0 Å². The van der Waals surface area contributed by atoms with E-state index in [1.807, 2.05) is 0 Å². The monoisotopic (exact) mass is 1090 g/mol. The van der Waals surface area contributed by atoms with Gasteiger partial charge in [-0.2, -0.15) is 0 Å². The smallest absolute Gasteiger partial charge is 0.306 e. The van der Waals surface area contributed by atoms with Gasteiger partial charge in [0.15, 0.2) is 6.10 Å². The lowest BCUT2D eigenvalue weighted by Crippen LogP contribution is -2.30. The summed E-state index contributed by atoms with van der Waals surface area (Å²) in [6, 6.07) is 0. The van der Waals surface area contributed by atoms with Crippen molar-refractivity contribution in [2.45, 2.75) is 297 Å². The Morgan fingerprint density at radius 2 is 0.494 bits per heavy atom. The Hall–Kier alpha value is -4.45. The minimum Gasteiger partial charge on any atom is -0.462 e. The molecule has 0 aromatic rings. The molecule has 0 amide bonds. The summed E-state index contributed by atoms with van der Waals surface area (Å²) in [5.74, 6) is -0.934. The largest absolute Gasteiger partial charge is 0.462 e. The van der Waals surface area contributed by atoms with Crippen LogP contribution in [0.1, 0.15) is 290 Å². The molecule has 79 heavy (non-hydrogen) atoms. The van der Waals surface area contributed by atoms with Gasteiger partial charge in [-0.25, -0.2) is 0 Å². The zero-order valence-electron chi connectivity index (χ0n) is 51.3. The third kappa shape index (κ3) is 64.3. The highest BCUT2D eigenvalue weighted by molar-refractivity contribution is 5.71. The molecule has 0 saturated heterocycles. The molecule has 0 aromatic carbocycles. The molecule has 6 nitrogen and oxygen atoms in total. The van der Waals surface area contributed by atoms with Crippen LogP contribution in [0.2, 0.25) is 0 Å². The van der Waals surface area contributed by atoms with Crippen LogP contribution < -0.4 is 0 Å². The molecule has 6 heteroatoms. The predicted octanol–water partition coefficient (Wildman–Crippen LogP) is 22.5. The Kier molecular flexibility index (Phi) is 62.3. The van der Waals surface area contributed by atoms with Crippen molar-refractivity contribution in [2.75, 3.05) is 13.2 Å². The van der Waals surface area contributed by atoms with E-state index in [9.17, 15) is 14.4 Å². The predicted molar refractivity (Wildman–Crippen MR) is 343 cm³/mol. The lowest BCUT2D eigenvalue weighted by atomic mass is 10.1. The van der Waals surface area contributed by atoms with E-state index in [2.05, 4.69) is 154 Å². The lowest BCUT2D eigenvalue weighted by molar-refractivity contribution is -0.167. The van der Waals surface area contributed by atoms with Gasteiger partial charge in [-0.05, 0) is 135 Å². The second-order valence-electron chi connectivity index (χ2n) is 21.3. The molecular weight excluding hydrogens is 973 g/mol. The standard InChI is InChI=1S/C73H120O6/c1-4-7-10-13-16-19-22-25-28-31-34-35-36-37-40-42-45-48-51-54-57-60-63-66-72(75)78-69-70(79-73(76)67-64-61-58-55-52-49-46-43-39-33-30-27-24-21-18-15-12-9-6-3)68-77-71(74)65-62-59-56-53-50-47-44-41-38-32-29-26-23-20-17-14-11-8-5-2/h7,9-10,12,16-21,25-30,34-35,39,43,49,52,70H,4-6,8,11,13-15,22-24,31-33,36-38,40-42,44-48,50-51,53-69H2,1-3H3/b10-7-,12-9-,19-16-,20-17-,21-18-,28-25-,29-26-,30-27-,35-34-,43-39-,52-49-. The van der Waals surface area contributed by atoms with Crippen molar-refractivity contribution < 1.29 is 28.6 Å². The average Bonchev–Trinajstić information content (AvgIpc) is 3.45. The maximum Gasteiger partial charge on any atom is 0.306 e. The number of carbonyl (C=O) groups excluding carboxylic acids is 3. The highest BCUT2D eigenvalue weighted by atomic mass is 16.6. The molecule has 0 aliphatic heterocycles. The summed E-state index contributed by atoms with van der Waals surface area (Å²) < 4.78 is 16.9. The molecule has 0 fully saturated rings. The van der Waals surface area contributed by atoms with Gasteiger partial charge in [-0.1, -0.05) is 270 Å². The van der Waals surface area contributed by atoms with Gasteiger partial charge in [0, 0.05) is 19.3 Å². The number of carbonyl (C=O) groups is 3. The number of ether oxygens (including phenoxy) is 3. The summed E-state index contributed by atoms with van der Waals surface area (Å²) in [6.07, 6.45) is 93.1. The zero-order valence-corrected chi connectivity index (χ0v) is 51.3. The number of hydrogen-bond acceptors (Lipinski definition) is 6. The number of allylic oxidation sites excluding steroid dienone is 22. The summed E-state index contributed by atoms with van der Waals surface area (Å²) in [4.78, 5) is 38.4. The SMILES string of the molecule is CC/C=C\C/C=C\C/C=C\C/C=C\C/C=C\CCCCCC(=O)OC(COC(=O)CCCCCCCCCCC/C=C\C/C=C\CCCCC)COC(=O)CCCCCCCCCCCC/C=C\C/C=C\C/C=C\C/C=C\CC. The maximum atomic E-state index is 12.9. The molecule has 0 N–H and O–H groups in total. The molecule has 0 spiro atoms. The van der Waals surface area contributed by atoms with E-state index < -0.39 is 6.10 Å². The number of hydrogen-bond donors (Lipinski definition) is 0. The van der Waals surface area contributed by atoms with Crippen molar-refractivity contribution in [1.82, 2.24) is 0 Å². The van der Waals surface area contributed by atoms with Gasteiger partial charge in [0.2, 0.25) is 0 Å². The van der Waals surface area contributed by atoms with Crippen molar-refractivity contribution in [3.63, 3.8) is 0 Å². The van der Waals surface area contributed by atoms with E-state index in [-0.39, 0.29) is 37.5 Å². The van der Waals surface area contributed by atoms with Crippen molar-refractivity contribution in [2.24, 2.45) is 0 Å². The van der Waals surface area contributed by atoms with E-state index in [0.29, 0.717) is 12.8 Å². The number of esters is 3. The van der Waals surface area contributed by atoms with E-state index in [1.165, 1.54) is 122 Å². The molecule has 0 bridgehead atoms. The summed E-state index contributed by atoms with van der Waals surface area (Å²) in [5, 5.41) is 0. The van der Waals surface area contributed by atoms with Gasteiger partial charge in [0.25, 0.3) is 0 Å². The van der Waals surface area contributed by atoms with Crippen LogP contribution >= 0.6 is 0 Å². The molecule has 448 valence electrons. The van der Waals surface area contributed by atoms with Crippen LogP contribution in [-0.4, -0.2) is 37.2 Å². The number of unbranched alkanes of at least 4 members (excludes halogenated alkanes) is 25. The molecule has 0 saturated carbocycles. The number of rotatable bonds is 58. The first kappa shape index (κ1) is 74.5. The van der Waals surface area contributed by atoms with Crippen LogP contribution in [0.3, 0.4) is 0 Å². The van der Waals surface area contributed by atoms with Gasteiger partial charge >= 0.3 is 17.9 Å². The molecule has 0 radical (unpaired) electrons. The van der Waals surface area contributed by atoms with Crippen LogP contribution in [-0.2, 0) is 28.6 Å². The fourth-order valence-corrected chi connectivity index (χ4v) is 8.79. The Balaban J connectivity index is 4.46. The quantitative estimate of drug-likeness (QED) is 0.0261. The lowest BCUT2D eigenvalue weighted by Gasteiger charge is -2.18. The molecule has 0 aliphatic rings. The normalized spacial score (nSPS) is 13.0. The summed E-state index contributed by atoms with van der Waals surface area (Å²) in [6.45, 7) is 6.37. The fraction of sp³-hybridized carbons (Fsp3) is 0.658. The molecule has 1 unspecified atom stereocenters. The van der Waals surface area contributed by atoms with Crippen LogP contribution in [0, 0.1) is 0 Å². The van der Waals surface area contributed by atoms with E-state index in [1.54, 1.807) is 0 Å². The Morgan fingerprint density at radius 3 is 0.785 bits per heavy atom. The molecule has 1 atom stereocenters.